The molecule has 10 heteroatoms. The minimum absolute atomic E-state index is 0.103. The Morgan fingerprint density at radius 1 is 1.14 bits per heavy atom. The molecule has 0 aliphatic carbocycles. The van der Waals surface area contributed by atoms with Crippen molar-refractivity contribution in [3.8, 4) is 0 Å². The highest BCUT2D eigenvalue weighted by Crippen LogP contribution is 2.37. The van der Waals surface area contributed by atoms with E-state index in [1.54, 1.807) is 0 Å². The highest BCUT2D eigenvalue weighted by molar-refractivity contribution is 6.31. The summed E-state index contributed by atoms with van der Waals surface area (Å²) in [6.07, 6.45) is -4.64. The number of ether oxygens (including phenoxy) is 1. The molecule has 0 aliphatic heterocycles. The van der Waals surface area contributed by atoms with Crippen LogP contribution in [0, 0.1) is 17.0 Å². The van der Waals surface area contributed by atoms with E-state index < -0.39 is 39.7 Å². The van der Waals surface area contributed by atoms with Crippen LogP contribution in [0.1, 0.15) is 31.8 Å². The Kier molecular flexibility index (Phi) is 6.43. The van der Waals surface area contributed by atoms with Crippen LogP contribution in [0.5, 0.6) is 0 Å². The number of aryl methyl sites for hydroxylation is 1. The van der Waals surface area contributed by atoms with Crippen LogP contribution in [-0.4, -0.2) is 30.0 Å². The maximum absolute atomic E-state index is 13.5. The van der Waals surface area contributed by atoms with Crippen LogP contribution in [0.4, 0.5) is 18.9 Å². The van der Waals surface area contributed by atoms with Crippen molar-refractivity contribution in [1.29, 1.82) is 0 Å². The summed E-state index contributed by atoms with van der Waals surface area (Å²) < 4.78 is 45.2. The Labute approximate surface area is 167 Å². The van der Waals surface area contributed by atoms with Crippen molar-refractivity contribution in [3.63, 3.8) is 0 Å². The van der Waals surface area contributed by atoms with Crippen LogP contribution in [0.25, 0.3) is 5.57 Å². The lowest BCUT2D eigenvalue weighted by Gasteiger charge is -2.13. The second-order valence-electron chi connectivity index (χ2n) is 5.90. The molecular formula is C19H13ClF3NO5. The number of carbonyl (C=O) groups excluding carboxylic acids is 2. The maximum Gasteiger partial charge on any atom is 0.417 e. The smallest absolute Gasteiger partial charge is 0.417 e. The van der Waals surface area contributed by atoms with Gasteiger partial charge in [-0.3, -0.25) is 14.9 Å². The molecule has 0 bridgehead atoms. The number of hydrogen-bond acceptors (Lipinski definition) is 5. The summed E-state index contributed by atoms with van der Waals surface area (Å²) in [5, 5.41) is 10.6. The van der Waals surface area contributed by atoms with Gasteiger partial charge in [-0.25, -0.2) is 4.79 Å². The van der Waals surface area contributed by atoms with Gasteiger partial charge >= 0.3 is 12.1 Å². The Balaban J connectivity index is 2.55. The lowest BCUT2D eigenvalue weighted by Crippen LogP contribution is -2.13. The number of ketones is 1. The van der Waals surface area contributed by atoms with Crippen molar-refractivity contribution >= 4 is 34.6 Å². The van der Waals surface area contributed by atoms with E-state index in [0.29, 0.717) is 17.7 Å². The number of hydrogen-bond donors (Lipinski definition) is 0. The SMILES string of the molecule is COC(=O)c1ccc(C(=O)C=C(c2cc(Cl)cc([N+](=O)[O-])c2)C(F)(F)F)cc1C. The Morgan fingerprint density at radius 3 is 2.31 bits per heavy atom. The molecule has 0 amide bonds. The molecule has 2 rings (SSSR count). The fourth-order valence-electron chi connectivity index (χ4n) is 2.53. The molecular weight excluding hydrogens is 415 g/mol. The van der Waals surface area contributed by atoms with Crippen LogP contribution < -0.4 is 0 Å². The van der Waals surface area contributed by atoms with Crippen molar-refractivity contribution < 1.29 is 32.4 Å². The maximum atomic E-state index is 13.5. The lowest BCUT2D eigenvalue weighted by atomic mass is 9.98. The number of esters is 1. The average Bonchev–Trinajstić information content (AvgIpc) is 2.63. The lowest BCUT2D eigenvalue weighted by molar-refractivity contribution is -0.384. The molecule has 2 aromatic rings. The van der Waals surface area contributed by atoms with Crippen molar-refractivity contribution in [3.05, 3.63) is 79.9 Å². The van der Waals surface area contributed by atoms with E-state index in [-0.39, 0.29) is 16.1 Å². The molecule has 0 fully saturated rings. The molecule has 6 nitrogen and oxygen atoms in total. The Hall–Kier alpha value is -3.20. The Morgan fingerprint density at radius 2 is 1.79 bits per heavy atom. The number of rotatable bonds is 5. The van der Waals surface area contributed by atoms with Crippen LogP contribution in [0.15, 0.2) is 42.5 Å². The quantitative estimate of drug-likeness (QED) is 0.216. The van der Waals surface area contributed by atoms with E-state index in [4.69, 9.17) is 11.6 Å². The van der Waals surface area contributed by atoms with Crippen molar-refractivity contribution in [2.24, 2.45) is 0 Å². The molecule has 0 saturated carbocycles. The van der Waals surface area contributed by atoms with E-state index >= 15 is 0 Å². The third-order valence-corrected chi connectivity index (χ3v) is 4.12. The van der Waals surface area contributed by atoms with Gasteiger partial charge in [0.05, 0.1) is 23.2 Å². The van der Waals surface area contributed by atoms with E-state index in [9.17, 15) is 32.9 Å². The first-order valence-electron chi connectivity index (χ1n) is 7.91. The first-order chi connectivity index (χ1) is 13.4. The van der Waals surface area contributed by atoms with Crippen LogP contribution in [0.3, 0.4) is 0 Å². The fraction of sp³-hybridized carbons (Fsp3) is 0.158. The topological polar surface area (TPSA) is 86.5 Å². The highest BCUT2D eigenvalue weighted by atomic mass is 35.5. The van der Waals surface area contributed by atoms with Gasteiger partial charge in [-0.05, 0) is 42.3 Å². The van der Waals surface area contributed by atoms with E-state index in [0.717, 1.165) is 12.1 Å². The van der Waals surface area contributed by atoms with Crippen LogP contribution in [-0.2, 0) is 4.74 Å². The monoisotopic (exact) mass is 427 g/mol. The summed E-state index contributed by atoms with van der Waals surface area (Å²) in [5.74, 6) is -1.65. The molecule has 0 aliphatic rings. The third kappa shape index (κ3) is 5.20. The standard InChI is InChI=1S/C19H13ClF3NO5/c1-10-5-11(3-4-15(10)18(26)29-2)17(25)9-16(19(21,22)23)12-6-13(20)8-14(7-12)24(27)28/h3-9H,1-2H3. The van der Waals surface area contributed by atoms with Gasteiger partial charge in [0.15, 0.2) is 5.78 Å². The van der Waals surface area contributed by atoms with Gasteiger partial charge in [-0.15, -0.1) is 0 Å². The average molecular weight is 428 g/mol. The van der Waals surface area contributed by atoms with E-state index in [1.165, 1.54) is 32.2 Å². The predicted molar refractivity (Wildman–Crippen MR) is 99.0 cm³/mol. The minimum atomic E-state index is -4.98. The summed E-state index contributed by atoms with van der Waals surface area (Å²) >= 11 is 5.70. The summed E-state index contributed by atoms with van der Waals surface area (Å²) in [5.41, 5.74) is -2.25. The second kappa shape index (κ2) is 8.44. The summed E-state index contributed by atoms with van der Waals surface area (Å²) in [4.78, 5) is 34.0. The van der Waals surface area contributed by atoms with Crippen LogP contribution >= 0.6 is 11.6 Å². The highest BCUT2D eigenvalue weighted by Gasteiger charge is 2.36. The molecule has 0 spiro atoms. The zero-order chi connectivity index (χ0) is 21.9. The molecule has 29 heavy (non-hydrogen) atoms. The number of nitro groups is 1. The number of methoxy groups -OCH3 is 1. The van der Waals surface area contributed by atoms with Crippen molar-refractivity contribution in [2.45, 2.75) is 13.1 Å². The summed E-state index contributed by atoms with van der Waals surface area (Å²) in [6.45, 7) is 1.50. The summed E-state index contributed by atoms with van der Waals surface area (Å²) in [6, 6.07) is 6.17. The number of benzene rings is 2. The molecule has 0 aromatic heterocycles. The molecule has 0 unspecified atom stereocenters. The molecule has 2 aromatic carbocycles. The number of carbonyl (C=O) groups is 2. The Bertz CT molecular complexity index is 1030. The normalized spacial score (nSPS) is 11.9. The number of nitrogens with zero attached hydrogens (tertiary/aromatic N) is 1. The number of nitro benzene ring substituents is 1. The van der Waals surface area contributed by atoms with Gasteiger partial charge in [0, 0.05) is 22.7 Å². The predicted octanol–water partition coefficient (Wildman–Crippen LogP) is 5.17. The number of halogens is 4. The number of alkyl halides is 3. The number of allylic oxidation sites excluding steroid dienone is 2. The van der Waals surface area contributed by atoms with Gasteiger partial charge < -0.3 is 4.74 Å². The van der Waals surface area contributed by atoms with Gasteiger partial charge in [0.2, 0.25) is 0 Å². The zero-order valence-corrected chi connectivity index (χ0v) is 15.8. The molecule has 0 radical (unpaired) electrons. The third-order valence-electron chi connectivity index (χ3n) is 3.90. The van der Waals surface area contributed by atoms with Crippen LogP contribution in [0.2, 0.25) is 5.02 Å². The van der Waals surface area contributed by atoms with E-state index in [1.807, 2.05) is 0 Å². The summed E-state index contributed by atoms with van der Waals surface area (Å²) in [7, 11) is 1.17. The van der Waals surface area contributed by atoms with Gasteiger partial charge in [-0.1, -0.05) is 17.7 Å². The molecule has 0 heterocycles. The molecule has 152 valence electrons. The fourth-order valence-corrected chi connectivity index (χ4v) is 2.76. The molecule has 0 saturated heterocycles. The minimum Gasteiger partial charge on any atom is -0.465 e. The van der Waals surface area contributed by atoms with Gasteiger partial charge in [0.25, 0.3) is 5.69 Å². The van der Waals surface area contributed by atoms with E-state index in [2.05, 4.69) is 4.74 Å². The van der Waals surface area contributed by atoms with Gasteiger partial charge in [0.1, 0.15) is 0 Å². The van der Waals surface area contributed by atoms with Crippen molar-refractivity contribution in [1.82, 2.24) is 0 Å². The molecule has 0 N–H and O–H groups in total. The first-order valence-corrected chi connectivity index (χ1v) is 8.29. The van der Waals surface area contributed by atoms with Crippen molar-refractivity contribution in [2.75, 3.05) is 7.11 Å². The number of non-ortho nitro benzene ring substituents is 1. The second-order valence-corrected chi connectivity index (χ2v) is 6.33. The first kappa shape index (κ1) is 22.1. The molecule has 0 atom stereocenters. The largest absolute Gasteiger partial charge is 0.465 e. The zero-order valence-electron chi connectivity index (χ0n) is 15.0. The van der Waals surface area contributed by atoms with Gasteiger partial charge in [-0.2, -0.15) is 13.2 Å².